The number of ether oxygens (including phenoxy) is 1. The molecule has 0 N–H and O–H groups in total. The number of hydrogen-bond donors (Lipinski definition) is 0. The van der Waals surface area contributed by atoms with Crippen molar-refractivity contribution in [3.63, 3.8) is 0 Å². The highest BCUT2D eigenvalue weighted by Gasteiger charge is 2.45. The number of fused-ring (bicyclic) bond motifs is 4. The van der Waals surface area contributed by atoms with Gasteiger partial charge in [-0.25, -0.2) is 0 Å². The van der Waals surface area contributed by atoms with Crippen LogP contribution in [0.3, 0.4) is 0 Å². The summed E-state index contributed by atoms with van der Waals surface area (Å²) in [4.78, 5) is 2.61. The van der Waals surface area contributed by atoms with Crippen molar-refractivity contribution in [2.24, 2.45) is 11.8 Å². The molecule has 0 spiro atoms. The molecule has 2 heterocycles. The van der Waals surface area contributed by atoms with E-state index in [0.717, 1.165) is 37.6 Å². The van der Waals surface area contributed by atoms with Gasteiger partial charge in [0.15, 0.2) is 5.71 Å². The summed E-state index contributed by atoms with van der Waals surface area (Å²) in [5, 5.41) is 2.66. The van der Waals surface area contributed by atoms with E-state index in [4.69, 9.17) is 4.74 Å². The predicted molar refractivity (Wildman–Crippen MR) is 202 cm³/mol. The summed E-state index contributed by atoms with van der Waals surface area (Å²) in [6, 6.07) is 20.2. The SMILES string of the molecule is C=CCC1(C)C(=CC=CC2=[N+](CCCCC3CCCC3)c3ccc(OC)cc3C2(C)C)N(CCC(C)C)c2ccc3ccccc3c21. The molecule has 47 heavy (non-hydrogen) atoms. The maximum atomic E-state index is 5.70. The molecule has 1 atom stereocenters. The van der Waals surface area contributed by atoms with Gasteiger partial charge in [-0.05, 0) is 92.5 Å². The van der Waals surface area contributed by atoms with Gasteiger partial charge in [-0.1, -0.05) is 88.4 Å². The molecule has 0 saturated heterocycles. The summed E-state index contributed by atoms with van der Waals surface area (Å²) >= 11 is 0. The fraction of sp³-hybridized carbons (Fsp3) is 0.477. The first-order valence-electron chi connectivity index (χ1n) is 18.3. The van der Waals surface area contributed by atoms with Crippen molar-refractivity contribution in [1.29, 1.82) is 0 Å². The van der Waals surface area contributed by atoms with Crippen LogP contribution in [-0.2, 0) is 10.8 Å². The summed E-state index contributed by atoms with van der Waals surface area (Å²) < 4.78 is 8.30. The zero-order valence-corrected chi connectivity index (χ0v) is 29.9. The van der Waals surface area contributed by atoms with Gasteiger partial charge in [0, 0.05) is 47.5 Å². The largest absolute Gasteiger partial charge is 0.497 e. The second-order valence-electron chi connectivity index (χ2n) is 15.4. The molecule has 3 aromatic rings. The van der Waals surface area contributed by atoms with Gasteiger partial charge in [-0.2, -0.15) is 4.58 Å². The highest BCUT2D eigenvalue weighted by atomic mass is 16.5. The van der Waals surface area contributed by atoms with E-state index in [1.54, 1.807) is 7.11 Å². The molecule has 0 bridgehead atoms. The standard InChI is InChI=1S/C44H57N2O/c1-8-28-44(6)41(46(30-27-32(2)3)39-25-23-34-19-11-12-20-36(34)42(39)44)22-15-21-40-43(4,5)37-31-35(47-7)24-26-38(37)45(40)29-14-13-18-33-16-9-10-17-33/h8,11-12,15,19-26,31-33H,1,9-10,13-14,16-18,27-30H2,2-7H3/q+1. The summed E-state index contributed by atoms with van der Waals surface area (Å²) in [6.45, 7) is 18.2. The van der Waals surface area contributed by atoms with E-state index >= 15 is 0 Å². The summed E-state index contributed by atoms with van der Waals surface area (Å²) in [5.41, 5.74) is 7.94. The molecule has 0 radical (unpaired) electrons. The van der Waals surface area contributed by atoms with Crippen LogP contribution < -0.4 is 9.64 Å². The van der Waals surface area contributed by atoms with Gasteiger partial charge in [0.1, 0.15) is 12.3 Å². The van der Waals surface area contributed by atoms with Crippen LogP contribution in [0, 0.1) is 11.8 Å². The Bertz CT molecular complexity index is 1700. The van der Waals surface area contributed by atoms with Crippen LogP contribution in [0.4, 0.5) is 11.4 Å². The fourth-order valence-electron chi connectivity index (χ4n) is 8.77. The Morgan fingerprint density at radius 3 is 2.55 bits per heavy atom. The molecule has 3 nitrogen and oxygen atoms in total. The van der Waals surface area contributed by atoms with Crippen molar-refractivity contribution in [2.45, 2.75) is 103 Å². The minimum Gasteiger partial charge on any atom is -0.497 e. The number of anilines is 1. The average molecular weight is 630 g/mol. The molecule has 1 aliphatic carbocycles. The van der Waals surface area contributed by atoms with Crippen molar-refractivity contribution in [3.05, 3.63) is 102 Å². The smallest absolute Gasteiger partial charge is 0.210 e. The van der Waals surface area contributed by atoms with Gasteiger partial charge in [0.25, 0.3) is 0 Å². The average Bonchev–Trinajstić information content (AvgIpc) is 3.72. The minimum atomic E-state index is -0.161. The van der Waals surface area contributed by atoms with Crippen LogP contribution in [0.1, 0.15) is 104 Å². The van der Waals surface area contributed by atoms with Crippen molar-refractivity contribution < 1.29 is 9.31 Å². The molecular formula is C44H57N2O+. The van der Waals surface area contributed by atoms with Crippen LogP contribution in [0.25, 0.3) is 10.8 Å². The highest BCUT2D eigenvalue weighted by Crippen LogP contribution is 2.53. The number of unbranched alkanes of at least 4 members (excludes halogenated alkanes) is 1. The highest BCUT2D eigenvalue weighted by molar-refractivity contribution is 6.03. The lowest BCUT2D eigenvalue weighted by molar-refractivity contribution is -0.438. The molecular weight excluding hydrogens is 572 g/mol. The van der Waals surface area contributed by atoms with Crippen LogP contribution >= 0.6 is 0 Å². The normalized spacial score (nSPS) is 21.5. The Labute approximate surface area is 284 Å². The molecule has 2 aliphatic heterocycles. The Balaban J connectivity index is 1.39. The van der Waals surface area contributed by atoms with Crippen molar-refractivity contribution in [2.75, 3.05) is 25.1 Å². The van der Waals surface area contributed by atoms with Crippen molar-refractivity contribution in [1.82, 2.24) is 0 Å². The zero-order chi connectivity index (χ0) is 33.2. The van der Waals surface area contributed by atoms with E-state index in [2.05, 4.69) is 130 Å². The maximum Gasteiger partial charge on any atom is 0.210 e. The van der Waals surface area contributed by atoms with Crippen LogP contribution in [0.15, 0.2) is 91.2 Å². The van der Waals surface area contributed by atoms with E-state index in [1.165, 1.54) is 89.6 Å². The number of nitrogens with zero attached hydrogens (tertiary/aromatic N) is 2. The molecule has 0 amide bonds. The van der Waals surface area contributed by atoms with Gasteiger partial charge in [-0.15, -0.1) is 6.58 Å². The van der Waals surface area contributed by atoms with Crippen molar-refractivity contribution >= 4 is 27.9 Å². The molecule has 1 fully saturated rings. The van der Waals surface area contributed by atoms with E-state index in [1.807, 2.05) is 0 Å². The summed E-state index contributed by atoms with van der Waals surface area (Å²) in [5.74, 6) is 2.52. The zero-order valence-electron chi connectivity index (χ0n) is 29.9. The van der Waals surface area contributed by atoms with Gasteiger partial charge in [0.2, 0.25) is 5.69 Å². The lowest BCUT2D eigenvalue weighted by Crippen LogP contribution is -2.30. The summed E-state index contributed by atoms with van der Waals surface area (Å²) in [6.07, 6.45) is 21.0. The van der Waals surface area contributed by atoms with E-state index in [9.17, 15) is 0 Å². The second kappa shape index (κ2) is 13.9. The van der Waals surface area contributed by atoms with Crippen molar-refractivity contribution in [3.8, 4) is 5.75 Å². The number of methoxy groups -OCH3 is 1. The second-order valence-corrected chi connectivity index (χ2v) is 15.4. The molecule has 0 aromatic heterocycles. The van der Waals surface area contributed by atoms with Gasteiger partial charge < -0.3 is 9.64 Å². The lowest BCUT2D eigenvalue weighted by atomic mass is 9.76. The van der Waals surface area contributed by atoms with Gasteiger partial charge in [-0.3, -0.25) is 0 Å². The third-order valence-corrected chi connectivity index (χ3v) is 11.4. The Hall–Kier alpha value is -3.59. The first-order chi connectivity index (χ1) is 22.7. The lowest BCUT2D eigenvalue weighted by Gasteiger charge is -2.30. The van der Waals surface area contributed by atoms with Gasteiger partial charge in [0.05, 0.1) is 12.5 Å². The van der Waals surface area contributed by atoms with E-state index in [0.29, 0.717) is 5.92 Å². The summed E-state index contributed by atoms with van der Waals surface area (Å²) in [7, 11) is 1.77. The fourth-order valence-corrected chi connectivity index (χ4v) is 8.77. The number of benzene rings is 3. The quantitative estimate of drug-likeness (QED) is 0.106. The molecule has 1 saturated carbocycles. The Kier molecular flexibility index (Phi) is 9.83. The third-order valence-electron chi connectivity index (χ3n) is 11.4. The number of rotatable bonds is 13. The Morgan fingerprint density at radius 2 is 1.81 bits per heavy atom. The third kappa shape index (κ3) is 6.35. The van der Waals surface area contributed by atoms with Crippen LogP contribution in [0.2, 0.25) is 0 Å². The number of hydrogen-bond acceptors (Lipinski definition) is 2. The predicted octanol–water partition coefficient (Wildman–Crippen LogP) is 11.4. The van der Waals surface area contributed by atoms with E-state index in [-0.39, 0.29) is 10.8 Å². The minimum absolute atomic E-state index is 0.124. The van der Waals surface area contributed by atoms with Crippen LogP contribution in [0.5, 0.6) is 5.75 Å². The molecule has 3 aliphatic rings. The van der Waals surface area contributed by atoms with Crippen LogP contribution in [-0.4, -0.2) is 30.5 Å². The molecule has 3 aromatic carbocycles. The first-order valence-corrected chi connectivity index (χ1v) is 18.3. The van der Waals surface area contributed by atoms with Gasteiger partial charge >= 0.3 is 0 Å². The topological polar surface area (TPSA) is 15.5 Å². The molecule has 6 rings (SSSR count). The Morgan fingerprint density at radius 1 is 1.02 bits per heavy atom. The molecule has 248 valence electrons. The monoisotopic (exact) mass is 629 g/mol. The number of allylic oxidation sites excluding steroid dienone is 5. The van der Waals surface area contributed by atoms with E-state index < -0.39 is 0 Å². The first kappa shape index (κ1) is 33.3. The molecule has 1 unspecified atom stereocenters. The maximum absolute atomic E-state index is 5.70. The molecule has 3 heteroatoms.